The van der Waals surface area contributed by atoms with Gasteiger partial charge in [0.15, 0.2) is 0 Å². The molecular weight excluding hydrogens is 204 g/mol. The Balaban J connectivity index is 2.22. The molecule has 0 atom stereocenters. The molecule has 1 aromatic carbocycles. The zero-order valence-electron chi connectivity index (χ0n) is 8.47. The molecule has 2 heterocycles. The number of hydrogen-bond donors (Lipinski definition) is 2. The van der Waals surface area contributed by atoms with Gasteiger partial charge in [0.1, 0.15) is 6.67 Å². The van der Waals surface area contributed by atoms with E-state index in [1.807, 2.05) is 16.8 Å². The highest BCUT2D eigenvalue weighted by molar-refractivity contribution is 5.95. The third-order valence-corrected chi connectivity index (χ3v) is 2.72. The van der Waals surface area contributed by atoms with Gasteiger partial charge in [-0.25, -0.2) is 4.68 Å². The number of nitrogens with one attached hydrogen (secondary N) is 1. The molecule has 5 heteroatoms. The summed E-state index contributed by atoms with van der Waals surface area (Å²) in [6.07, 6.45) is 1.74. The van der Waals surface area contributed by atoms with Gasteiger partial charge in [0.2, 0.25) is 5.91 Å². The molecule has 0 bridgehead atoms. The first kappa shape index (κ1) is 8.96. The number of carbonyl (C=O) groups excluding carboxylic acids is 1. The lowest BCUT2D eigenvalue weighted by atomic mass is 10.0. The van der Waals surface area contributed by atoms with Crippen LogP contribution in [0.2, 0.25) is 0 Å². The number of anilines is 1. The van der Waals surface area contributed by atoms with E-state index in [2.05, 4.69) is 10.4 Å². The second-order valence-corrected chi connectivity index (χ2v) is 3.68. The van der Waals surface area contributed by atoms with Crippen molar-refractivity contribution in [3.63, 3.8) is 0 Å². The predicted molar refractivity (Wildman–Crippen MR) is 59.8 cm³/mol. The number of benzene rings is 1. The summed E-state index contributed by atoms with van der Waals surface area (Å²) in [5, 5.41) is 7.39. The molecule has 0 unspecified atom stereocenters. The Morgan fingerprint density at radius 3 is 3.12 bits per heavy atom. The third kappa shape index (κ3) is 1.18. The maximum Gasteiger partial charge on any atom is 0.248 e. The van der Waals surface area contributed by atoms with Gasteiger partial charge in [0.25, 0.3) is 0 Å². The summed E-state index contributed by atoms with van der Waals surface area (Å²) in [4.78, 5) is 11.1. The average Bonchev–Trinajstić information content (AvgIpc) is 2.76. The average molecular weight is 214 g/mol. The fourth-order valence-corrected chi connectivity index (χ4v) is 1.91. The van der Waals surface area contributed by atoms with Crippen LogP contribution in [0.1, 0.15) is 10.4 Å². The van der Waals surface area contributed by atoms with Crippen LogP contribution in [0.5, 0.6) is 0 Å². The van der Waals surface area contributed by atoms with Gasteiger partial charge in [0.05, 0.1) is 5.69 Å². The van der Waals surface area contributed by atoms with Gasteiger partial charge in [-0.3, -0.25) is 4.79 Å². The maximum absolute atomic E-state index is 11.1. The lowest BCUT2D eigenvalue weighted by molar-refractivity contribution is 0.100. The molecule has 1 aliphatic rings. The lowest BCUT2D eigenvalue weighted by Crippen LogP contribution is -2.17. The van der Waals surface area contributed by atoms with Gasteiger partial charge in [0, 0.05) is 23.0 Å². The first-order chi connectivity index (χ1) is 7.75. The molecule has 3 N–H and O–H groups in total. The minimum Gasteiger partial charge on any atom is -0.366 e. The Kier molecular flexibility index (Phi) is 1.73. The van der Waals surface area contributed by atoms with Crippen LogP contribution < -0.4 is 11.1 Å². The van der Waals surface area contributed by atoms with E-state index in [-0.39, 0.29) is 0 Å². The van der Waals surface area contributed by atoms with Crippen molar-refractivity contribution in [3.05, 3.63) is 36.0 Å². The Morgan fingerprint density at radius 2 is 2.31 bits per heavy atom. The number of primary amides is 1. The van der Waals surface area contributed by atoms with E-state index in [1.165, 1.54) is 0 Å². The Morgan fingerprint density at radius 1 is 1.44 bits per heavy atom. The van der Waals surface area contributed by atoms with Crippen molar-refractivity contribution in [2.24, 2.45) is 5.73 Å². The topological polar surface area (TPSA) is 72.9 Å². The van der Waals surface area contributed by atoms with Crippen LogP contribution >= 0.6 is 0 Å². The van der Waals surface area contributed by atoms with Crippen LogP contribution in [-0.4, -0.2) is 15.7 Å². The molecule has 0 spiro atoms. The summed E-state index contributed by atoms with van der Waals surface area (Å²) in [7, 11) is 0. The van der Waals surface area contributed by atoms with Crippen LogP contribution in [0, 0.1) is 0 Å². The molecule has 80 valence electrons. The first-order valence-electron chi connectivity index (χ1n) is 4.95. The van der Waals surface area contributed by atoms with E-state index in [0.29, 0.717) is 12.2 Å². The largest absolute Gasteiger partial charge is 0.366 e. The van der Waals surface area contributed by atoms with Crippen molar-refractivity contribution in [2.45, 2.75) is 6.67 Å². The van der Waals surface area contributed by atoms with Gasteiger partial charge in [-0.2, -0.15) is 5.10 Å². The van der Waals surface area contributed by atoms with Crippen LogP contribution in [0.4, 0.5) is 5.69 Å². The van der Waals surface area contributed by atoms with E-state index in [0.717, 1.165) is 16.9 Å². The Hall–Kier alpha value is -2.30. The van der Waals surface area contributed by atoms with Gasteiger partial charge in [-0.1, -0.05) is 0 Å². The number of carbonyl (C=O) groups is 1. The monoisotopic (exact) mass is 214 g/mol. The fourth-order valence-electron chi connectivity index (χ4n) is 1.91. The van der Waals surface area contributed by atoms with Crippen molar-refractivity contribution < 1.29 is 4.79 Å². The standard InChI is InChI=1S/C11H10N4O/c12-11(16)7-1-2-9-8(5-7)10-3-4-14-15(10)6-13-9/h1-5,13H,6H2,(H2,12,16). The quantitative estimate of drug-likeness (QED) is 0.744. The molecule has 1 aromatic heterocycles. The van der Waals surface area contributed by atoms with Crippen molar-refractivity contribution >= 4 is 11.6 Å². The van der Waals surface area contributed by atoms with E-state index >= 15 is 0 Å². The fraction of sp³-hybridized carbons (Fsp3) is 0.0909. The molecular formula is C11H10N4O. The van der Waals surface area contributed by atoms with Crippen molar-refractivity contribution in [1.82, 2.24) is 9.78 Å². The smallest absolute Gasteiger partial charge is 0.248 e. The van der Waals surface area contributed by atoms with E-state index in [4.69, 9.17) is 5.73 Å². The van der Waals surface area contributed by atoms with Gasteiger partial charge < -0.3 is 11.1 Å². The summed E-state index contributed by atoms with van der Waals surface area (Å²) < 4.78 is 1.84. The Bertz CT molecular complexity index is 573. The minimum atomic E-state index is -0.417. The molecule has 0 aliphatic carbocycles. The van der Waals surface area contributed by atoms with Crippen molar-refractivity contribution in [1.29, 1.82) is 0 Å². The maximum atomic E-state index is 11.1. The highest BCUT2D eigenvalue weighted by Crippen LogP contribution is 2.32. The lowest BCUT2D eigenvalue weighted by Gasteiger charge is -2.20. The normalized spacial score (nSPS) is 12.5. The molecule has 2 aromatic rings. The predicted octanol–water partition coefficient (Wildman–Crippen LogP) is 1.03. The number of nitrogens with two attached hydrogens (primary N) is 1. The molecule has 16 heavy (non-hydrogen) atoms. The van der Waals surface area contributed by atoms with Crippen LogP contribution in [-0.2, 0) is 6.67 Å². The van der Waals surface area contributed by atoms with Crippen molar-refractivity contribution in [2.75, 3.05) is 5.32 Å². The molecule has 5 nitrogen and oxygen atoms in total. The van der Waals surface area contributed by atoms with E-state index < -0.39 is 5.91 Å². The van der Waals surface area contributed by atoms with E-state index in [1.54, 1.807) is 18.3 Å². The Labute approximate surface area is 91.9 Å². The van der Waals surface area contributed by atoms with Crippen molar-refractivity contribution in [3.8, 4) is 11.3 Å². The second kappa shape index (κ2) is 3.10. The van der Waals surface area contributed by atoms with Gasteiger partial charge in [-0.05, 0) is 24.3 Å². The minimum absolute atomic E-state index is 0.417. The van der Waals surface area contributed by atoms with Crippen LogP contribution in [0.15, 0.2) is 30.5 Å². The van der Waals surface area contributed by atoms with Gasteiger partial charge in [-0.15, -0.1) is 0 Å². The number of nitrogens with zero attached hydrogens (tertiary/aromatic N) is 2. The van der Waals surface area contributed by atoms with E-state index in [9.17, 15) is 4.79 Å². The zero-order valence-corrected chi connectivity index (χ0v) is 8.47. The van der Waals surface area contributed by atoms with Gasteiger partial charge >= 0.3 is 0 Å². The van der Waals surface area contributed by atoms with Crippen LogP contribution in [0.3, 0.4) is 0 Å². The molecule has 0 saturated heterocycles. The zero-order chi connectivity index (χ0) is 11.1. The second-order valence-electron chi connectivity index (χ2n) is 3.68. The number of fused-ring (bicyclic) bond motifs is 3. The SMILES string of the molecule is NC(=O)c1ccc2c(c1)-c1ccnn1CN2. The molecule has 1 aliphatic heterocycles. The number of amides is 1. The third-order valence-electron chi connectivity index (χ3n) is 2.72. The summed E-state index contributed by atoms with van der Waals surface area (Å²) >= 11 is 0. The highest BCUT2D eigenvalue weighted by atomic mass is 16.1. The first-order valence-corrected chi connectivity index (χ1v) is 4.95. The summed E-state index contributed by atoms with van der Waals surface area (Å²) in [5.41, 5.74) is 8.72. The summed E-state index contributed by atoms with van der Waals surface area (Å²) in [6.45, 7) is 0.644. The molecule has 0 saturated carbocycles. The molecule has 0 fully saturated rings. The summed E-state index contributed by atoms with van der Waals surface area (Å²) in [5.74, 6) is -0.417. The number of aromatic nitrogens is 2. The molecule has 3 rings (SSSR count). The molecule has 0 radical (unpaired) electrons. The number of hydrogen-bond acceptors (Lipinski definition) is 3. The summed E-state index contributed by atoms with van der Waals surface area (Å²) in [6, 6.07) is 7.30. The number of rotatable bonds is 1. The highest BCUT2D eigenvalue weighted by Gasteiger charge is 2.16. The molecule has 1 amide bonds. The van der Waals surface area contributed by atoms with Crippen LogP contribution in [0.25, 0.3) is 11.3 Å².